The molecular formula is C58H117N2O6P. The van der Waals surface area contributed by atoms with Crippen LogP contribution in [-0.4, -0.2) is 68.5 Å². The number of phosphoric ester groups is 1. The molecule has 0 fully saturated rings. The van der Waals surface area contributed by atoms with Crippen LogP contribution >= 0.6 is 7.82 Å². The Labute approximate surface area is 418 Å². The van der Waals surface area contributed by atoms with Gasteiger partial charge >= 0.3 is 0 Å². The van der Waals surface area contributed by atoms with Crippen molar-refractivity contribution in [1.29, 1.82) is 0 Å². The maximum atomic E-state index is 13.0. The number of hydrogen-bond acceptors (Lipinski definition) is 6. The Hall–Kier alpha value is -0.760. The normalized spacial score (nSPS) is 14.0. The molecule has 0 aliphatic carbocycles. The van der Waals surface area contributed by atoms with Crippen molar-refractivity contribution in [2.45, 2.75) is 315 Å². The molecule has 8 nitrogen and oxygen atoms in total. The number of carbonyl (C=O) groups is 1. The fourth-order valence-corrected chi connectivity index (χ4v) is 9.82. The van der Waals surface area contributed by atoms with E-state index in [1.807, 2.05) is 27.2 Å². The summed E-state index contributed by atoms with van der Waals surface area (Å²) in [6.07, 6.45) is 61.4. The van der Waals surface area contributed by atoms with Gasteiger partial charge in [0.05, 0.1) is 39.9 Å². The van der Waals surface area contributed by atoms with Crippen LogP contribution in [0, 0.1) is 0 Å². The number of rotatable bonds is 55. The highest BCUT2D eigenvalue weighted by Crippen LogP contribution is 2.38. The van der Waals surface area contributed by atoms with Crippen molar-refractivity contribution in [2.24, 2.45) is 0 Å². The van der Waals surface area contributed by atoms with Crippen LogP contribution in [0.15, 0.2) is 12.2 Å². The summed E-state index contributed by atoms with van der Waals surface area (Å²) >= 11 is 0. The molecule has 0 aromatic rings. The van der Waals surface area contributed by atoms with Gasteiger partial charge in [0, 0.05) is 6.42 Å². The van der Waals surface area contributed by atoms with Crippen molar-refractivity contribution in [1.82, 2.24) is 5.32 Å². The Morgan fingerprint density at radius 2 is 0.806 bits per heavy atom. The second kappa shape index (κ2) is 50.2. The monoisotopic (exact) mass is 969 g/mol. The number of unbranched alkanes of at least 4 members (excludes halogenated alkanes) is 42. The molecule has 400 valence electrons. The van der Waals surface area contributed by atoms with Gasteiger partial charge in [0.1, 0.15) is 13.2 Å². The third kappa shape index (κ3) is 52.9. The van der Waals surface area contributed by atoms with E-state index >= 15 is 0 Å². The summed E-state index contributed by atoms with van der Waals surface area (Å²) in [6, 6.07) is -0.882. The highest BCUT2D eigenvalue weighted by Gasteiger charge is 2.23. The van der Waals surface area contributed by atoms with E-state index in [-0.39, 0.29) is 19.1 Å². The molecule has 3 atom stereocenters. The molecule has 2 N–H and O–H groups in total. The van der Waals surface area contributed by atoms with Crippen molar-refractivity contribution in [2.75, 3.05) is 40.9 Å². The van der Waals surface area contributed by atoms with E-state index in [2.05, 4.69) is 19.2 Å². The predicted octanol–water partition coefficient (Wildman–Crippen LogP) is 17.2. The fourth-order valence-electron chi connectivity index (χ4n) is 9.10. The van der Waals surface area contributed by atoms with Crippen LogP contribution in [0.25, 0.3) is 0 Å². The van der Waals surface area contributed by atoms with Gasteiger partial charge in [0.15, 0.2) is 0 Å². The third-order valence-corrected chi connectivity index (χ3v) is 14.7. The number of nitrogens with one attached hydrogen (secondary N) is 1. The Kier molecular flexibility index (Phi) is 49.6. The van der Waals surface area contributed by atoms with Gasteiger partial charge in [-0.25, -0.2) is 0 Å². The van der Waals surface area contributed by atoms with Gasteiger partial charge in [0.25, 0.3) is 7.82 Å². The van der Waals surface area contributed by atoms with Crippen molar-refractivity contribution >= 4 is 13.7 Å². The molecule has 0 spiro atoms. The molecule has 67 heavy (non-hydrogen) atoms. The summed E-state index contributed by atoms with van der Waals surface area (Å²) in [7, 11) is 1.28. The summed E-state index contributed by atoms with van der Waals surface area (Å²) in [5.74, 6) is -0.190. The van der Waals surface area contributed by atoms with E-state index in [1.165, 1.54) is 244 Å². The molecule has 9 heteroatoms. The second-order valence-electron chi connectivity index (χ2n) is 21.7. The molecule has 0 aromatic carbocycles. The maximum Gasteiger partial charge on any atom is 0.268 e. The highest BCUT2D eigenvalue weighted by molar-refractivity contribution is 7.45. The molecule has 0 heterocycles. The van der Waals surface area contributed by atoms with Crippen molar-refractivity contribution < 1.29 is 32.9 Å². The van der Waals surface area contributed by atoms with Crippen LogP contribution in [0.4, 0.5) is 0 Å². The molecule has 3 unspecified atom stereocenters. The largest absolute Gasteiger partial charge is 0.756 e. The molecule has 0 aliphatic heterocycles. The molecule has 1 amide bonds. The Balaban J connectivity index is 4.16. The first-order valence-corrected chi connectivity index (χ1v) is 31.0. The number of likely N-dealkylation sites (N-methyl/N-ethyl adjacent to an activating group) is 1. The maximum absolute atomic E-state index is 13.0. The molecule has 0 bridgehead atoms. The smallest absolute Gasteiger partial charge is 0.268 e. The van der Waals surface area contributed by atoms with Gasteiger partial charge in [-0.2, -0.15) is 0 Å². The Morgan fingerprint density at radius 1 is 0.507 bits per heavy atom. The van der Waals surface area contributed by atoms with Crippen LogP contribution in [0.5, 0.6) is 0 Å². The van der Waals surface area contributed by atoms with Crippen molar-refractivity contribution in [3.63, 3.8) is 0 Å². The number of aliphatic hydroxyl groups excluding tert-OH is 1. The fraction of sp³-hybridized carbons (Fsp3) is 0.948. The lowest BCUT2D eigenvalue weighted by atomic mass is 10.0. The number of allylic oxidation sites excluding steroid dienone is 1. The summed E-state index contributed by atoms with van der Waals surface area (Å²) < 4.78 is 23.4. The number of aliphatic hydroxyl groups is 1. The zero-order valence-corrected chi connectivity index (χ0v) is 46.5. The Morgan fingerprint density at radius 3 is 1.12 bits per heavy atom. The van der Waals surface area contributed by atoms with Gasteiger partial charge in [0.2, 0.25) is 5.91 Å². The molecule has 0 saturated heterocycles. The Bertz CT molecular complexity index is 1100. The predicted molar refractivity (Wildman–Crippen MR) is 289 cm³/mol. The van der Waals surface area contributed by atoms with Crippen molar-refractivity contribution in [3.05, 3.63) is 12.2 Å². The van der Waals surface area contributed by atoms with Gasteiger partial charge in [-0.3, -0.25) is 9.36 Å². The summed E-state index contributed by atoms with van der Waals surface area (Å²) in [5.41, 5.74) is 0. The van der Waals surface area contributed by atoms with Gasteiger partial charge in [-0.15, -0.1) is 0 Å². The second-order valence-corrected chi connectivity index (χ2v) is 23.1. The number of carbonyl (C=O) groups excluding carboxylic acids is 1. The third-order valence-electron chi connectivity index (χ3n) is 13.7. The lowest BCUT2D eigenvalue weighted by molar-refractivity contribution is -0.870. The summed E-state index contributed by atoms with van der Waals surface area (Å²) in [5, 5.41) is 13.9. The lowest BCUT2D eigenvalue weighted by Gasteiger charge is -2.29. The van der Waals surface area contributed by atoms with Crippen LogP contribution in [0.2, 0.25) is 0 Å². The first kappa shape index (κ1) is 66.2. The minimum atomic E-state index is -4.59. The molecule has 0 aromatic heterocycles. The van der Waals surface area contributed by atoms with Crippen LogP contribution in [-0.2, 0) is 18.4 Å². The molecule has 0 radical (unpaired) electrons. The lowest BCUT2D eigenvalue weighted by Crippen LogP contribution is -2.45. The summed E-state index contributed by atoms with van der Waals surface area (Å²) in [6.45, 7) is 4.71. The van der Waals surface area contributed by atoms with E-state index in [1.54, 1.807) is 6.08 Å². The zero-order chi connectivity index (χ0) is 49.2. The molecule has 0 saturated carbocycles. The first-order valence-electron chi connectivity index (χ1n) is 29.6. The highest BCUT2D eigenvalue weighted by atomic mass is 31.2. The number of hydrogen-bond donors (Lipinski definition) is 2. The van der Waals surface area contributed by atoms with E-state index in [0.717, 1.165) is 38.5 Å². The zero-order valence-electron chi connectivity index (χ0n) is 45.6. The first-order chi connectivity index (χ1) is 32.5. The van der Waals surface area contributed by atoms with Gasteiger partial charge < -0.3 is 28.8 Å². The van der Waals surface area contributed by atoms with E-state index < -0.39 is 20.0 Å². The van der Waals surface area contributed by atoms with Crippen LogP contribution in [0.1, 0.15) is 303 Å². The van der Waals surface area contributed by atoms with E-state index in [0.29, 0.717) is 17.4 Å². The quantitative estimate of drug-likeness (QED) is 0.0272. The standard InChI is InChI=1S/C58H117N2O6P/c1-6-8-10-12-14-16-18-20-22-24-26-28-29-30-32-34-36-38-40-42-44-46-48-50-52-58(62)59-56(55-66-67(63,64)65-54-53-60(3,4)5)57(61)51-49-47-45-43-41-39-37-35-33-31-27-25-23-21-19-17-15-13-11-9-7-2/h49,51,56-57,61H,6-48,50,52-55H2,1-5H3,(H-,59,62,63,64)/b51-49+. The minimum absolute atomic E-state index is 0.00274. The average molecular weight is 970 g/mol. The molecular weight excluding hydrogens is 852 g/mol. The SMILES string of the molecule is CCCCCCCCCCCCCCCCCCCCC/C=C/C(O)C(COP(=O)([O-])OCC[N+](C)(C)C)NC(=O)CCCCCCCCCCCCCCCCCCCCCCCCCC. The van der Waals surface area contributed by atoms with Crippen molar-refractivity contribution in [3.8, 4) is 0 Å². The van der Waals surface area contributed by atoms with E-state index in [9.17, 15) is 19.4 Å². The van der Waals surface area contributed by atoms with Gasteiger partial charge in [-0.05, 0) is 19.3 Å². The number of quaternary nitrogens is 1. The van der Waals surface area contributed by atoms with Crippen LogP contribution < -0.4 is 10.2 Å². The van der Waals surface area contributed by atoms with Crippen LogP contribution in [0.3, 0.4) is 0 Å². The minimum Gasteiger partial charge on any atom is -0.756 e. The molecule has 0 aliphatic rings. The number of phosphoric acid groups is 1. The number of nitrogens with zero attached hydrogens (tertiary/aromatic N) is 1. The summed E-state index contributed by atoms with van der Waals surface area (Å²) in [4.78, 5) is 25.5. The average Bonchev–Trinajstić information content (AvgIpc) is 3.29. The van der Waals surface area contributed by atoms with Gasteiger partial charge in [-0.1, -0.05) is 289 Å². The topological polar surface area (TPSA) is 108 Å². The molecule has 0 rings (SSSR count). The van der Waals surface area contributed by atoms with E-state index in [4.69, 9.17) is 9.05 Å². The number of amides is 1.